The highest BCUT2D eigenvalue weighted by atomic mass is 35.5. The molecule has 1 aliphatic heterocycles. The molecule has 86 valence electrons. The van der Waals surface area contributed by atoms with Crippen LogP contribution in [0.4, 0.5) is 4.79 Å². The highest BCUT2D eigenvalue weighted by Crippen LogP contribution is 2.13. The molecule has 6 heteroatoms. The zero-order valence-corrected chi connectivity index (χ0v) is 9.51. The van der Waals surface area contributed by atoms with Crippen molar-refractivity contribution in [1.29, 1.82) is 0 Å². The second kappa shape index (κ2) is 5.92. The number of carbonyl (C=O) groups is 2. The number of amides is 3. The number of likely N-dealkylation sites (tertiary alicyclic amines) is 1. The van der Waals surface area contributed by atoms with Crippen LogP contribution in [0.25, 0.3) is 0 Å². The van der Waals surface area contributed by atoms with E-state index in [9.17, 15) is 9.59 Å². The van der Waals surface area contributed by atoms with Gasteiger partial charge in [-0.05, 0) is 26.4 Å². The van der Waals surface area contributed by atoms with Crippen molar-refractivity contribution in [2.45, 2.75) is 18.9 Å². The van der Waals surface area contributed by atoms with Gasteiger partial charge < -0.3 is 10.2 Å². The zero-order valence-electron chi connectivity index (χ0n) is 8.75. The van der Waals surface area contributed by atoms with Gasteiger partial charge in [-0.25, -0.2) is 4.79 Å². The molecule has 0 bridgehead atoms. The Labute approximate surface area is 94.1 Å². The molecule has 1 saturated heterocycles. The standard InChI is InChI=1S/C9H16ClN3O2/c1-13-4-2-3-7(13)6-11-9(15)12-8(14)5-10/h7H,2-6H2,1H3,(H2,11,12,14,15). The molecule has 5 nitrogen and oxygen atoms in total. The third-order valence-electron chi connectivity index (χ3n) is 2.54. The molecule has 1 fully saturated rings. The predicted octanol–water partition coefficient (Wildman–Crippen LogP) is 0.145. The van der Waals surface area contributed by atoms with Crippen LogP contribution in [-0.4, -0.2) is 48.9 Å². The van der Waals surface area contributed by atoms with Crippen molar-refractivity contribution in [3.8, 4) is 0 Å². The average Bonchev–Trinajstić information content (AvgIpc) is 2.61. The van der Waals surface area contributed by atoms with Crippen LogP contribution in [0, 0.1) is 0 Å². The Bertz CT molecular complexity index is 248. The van der Waals surface area contributed by atoms with Gasteiger partial charge >= 0.3 is 6.03 Å². The Morgan fingerprint density at radius 1 is 1.53 bits per heavy atom. The van der Waals surface area contributed by atoms with Gasteiger partial charge in [-0.2, -0.15) is 0 Å². The lowest BCUT2D eigenvalue weighted by Gasteiger charge is -2.19. The maximum atomic E-state index is 11.2. The van der Waals surface area contributed by atoms with Crippen molar-refractivity contribution < 1.29 is 9.59 Å². The first-order valence-electron chi connectivity index (χ1n) is 4.97. The molecule has 0 radical (unpaired) electrons. The van der Waals surface area contributed by atoms with Crippen LogP contribution < -0.4 is 10.6 Å². The number of imide groups is 1. The van der Waals surface area contributed by atoms with Crippen molar-refractivity contribution >= 4 is 23.5 Å². The summed E-state index contributed by atoms with van der Waals surface area (Å²) >= 11 is 5.25. The highest BCUT2D eigenvalue weighted by molar-refractivity contribution is 6.28. The second-order valence-corrected chi connectivity index (χ2v) is 3.94. The van der Waals surface area contributed by atoms with Gasteiger partial charge in [-0.15, -0.1) is 11.6 Å². The van der Waals surface area contributed by atoms with Gasteiger partial charge in [0.1, 0.15) is 5.88 Å². The third kappa shape index (κ3) is 4.05. The number of hydrogen-bond acceptors (Lipinski definition) is 3. The van der Waals surface area contributed by atoms with Crippen LogP contribution in [0.15, 0.2) is 0 Å². The quantitative estimate of drug-likeness (QED) is 0.682. The number of likely N-dealkylation sites (N-methyl/N-ethyl adjacent to an activating group) is 1. The maximum Gasteiger partial charge on any atom is 0.321 e. The number of urea groups is 1. The number of rotatable bonds is 3. The summed E-state index contributed by atoms with van der Waals surface area (Å²) in [6.45, 7) is 1.63. The fourth-order valence-electron chi connectivity index (χ4n) is 1.65. The molecule has 1 heterocycles. The molecule has 0 aromatic carbocycles. The van der Waals surface area contributed by atoms with Gasteiger partial charge in [0.2, 0.25) is 5.91 Å². The number of halogens is 1. The van der Waals surface area contributed by atoms with Gasteiger partial charge in [0, 0.05) is 12.6 Å². The summed E-state index contributed by atoms with van der Waals surface area (Å²) in [7, 11) is 2.03. The summed E-state index contributed by atoms with van der Waals surface area (Å²) in [6, 6.07) is -0.0946. The third-order valence-corrected chi connectivity index (χ3v) is 2.79. The van der Waals surface area contributed by atoms with Gasteiger partial charge in [-0.3, -0.25) is 10.1 Å². The van der Waals surface area contributed by atoms with E-state index >= 15 is 0 Å². The first kappa shape index (κ1) is 12.3. The van der Waals surface area contributed by atoms with E-state index in [-0.39, 0.29) is 5.88 Å². The van der Waals surface area contributed by atoms with Crippen molar-refractivity contribution in [3.05, 3.63) is 0 Å². The van der Waals surface area contributed by atoms with E-state index in [2.05, 4.69) is 15.5 Å². The largest absolute Gasteiger partial charge is 0.336 e. The van der Waals surface area contributed by atoms with Gasteiger partial charge in [0.05, 0.1) is 0 Å². The van der Waals surface area contributed by atoms with Crippen LogP contribution in [0.3, 0.4) is 0 Å². The molecular formula is C9H16ClN3O2. The topological polar surface area (TPSA) is 61.4 Å². The molecule has 15 heavy (non-hydrogen) atoms. The van der Waals surface area contributed by atoms with Crippen molar-refractivity contribution in [2.24, 2.45) is 0 Å². The van der Waals surface area contributed by atoms with Crippen LogP contribution in [0.5, 0.6) is 0 Å². The number of alkyl halides is 1. The maximum absolute atomic E-state index is 11.2. The Balaban J connectivity index is 2.19. The van der Waals surface area contributed by atoms with Crippen molar-refractivity contribution in [2.75, 3.05) is 26.0 Å². The second-order valence-electron chi connectivity index (χ2n) is 3.67. The van der Waals surface area contributed by atoms with Crippen LogP contribution in [-0.2, 0) is 4.79 Å². The molecule has 1 aliphatic rings. The first-order chi connectivity index (χ1) is 7.13. The monoisotopic (exact) mass is 233 g/mol. The lowest BCUT2D eigenvalue weighted by molar-refractivity contribution is -0.117. The van der Waals surface area contributed by atoms with Gasteiger partial charge in [-0.1, -0.05) is 0 Å². The lowest BCUT2D eigenvalue weighted by Crippen LogP contribution is -2.45. The van der Waals surface area contributed by atoms with Crippen molar-refractivity contribution in [3.63, 3.8) is 0 Å². The Morgan fingerprint density at radius 2 is 2.27 bits per heavy atom. The Hall–Kier alpha value is -0.810. The minimum Gasteiger partial charge on any atom is -0.336 e. The normalized spacial score (nSPS) is 21.3. The van der Waals surface area contributed by atoms with Crippen molar-refractivity contribution in [1.82, 2.24) is 15.5 Å². The first-order valence-corrected chi connectivity index (χ1v) is 5.51. The summed E-state index contributed by atoms with van der Waals surface area (Å²) in [5, 5.41) is 4.78. The number of carbonyl (C=O) groups excluding carboxylic acids is 2. The summed E-state index contributed by atoms with van der Waals surface area (Å²) in [5.74, 6) is -0.675. The summed E-state index contributed by atoms with van der Waals surface area (Å²) in [6.07, 6.45) is 2.24. The van der Waals surface area contributed by atoms with E-state index in [4.69, 9.17) is 11.6 Å². The molecule has 0 aliphatic carbocycles. The van der Waals surface area contributed by atoms with Crippen LogP contribution in [0.2, 0.25) is 0 Å². The number of nitrogens with one attached hydrogen (secondary N) is 2. The SMILES string of the molecule is CN1CCCC1CNC(=O)NC(=O)CCl. The van der Waals surface area contributed by atoms with E-state index in [0.29, 0.717) is 12.6 Å². The number of hydrogen-bond donors (Lipinski definition) is 2. The molecule has 1 rings (SSSR count). The smallest absolute Gasteiger partial charge is 0.321 e. The molecule has 1 unspecified atom stereocenters. The fraction of sp³-hybridized carbons (Fsp3) is 0.778. The average molecular weight is 234 g/mol. The van der Waals surface area contributed by atoms with Crippen LogP contribution in [0.1, 0.15) is 12.8 Å². The molecule has 1 atom stereocenters. The fourth-order valence-corrected chi connectivity index (χ4v) is 1.72. The van der Waals surface area contributed by atoms with E-state index in [1.807, 2.05) is 7.05 Å². The van der Waals surface area contributed by atoms with Crippen LogP contribution >= 0.6 is 11.6 Å². The van der Waals surface area contributed by atoms with E-state index in [1.54, 1.807) is 0 Å². The molecule has 3 amide bonds. The van der Waals surface area contributed by atoms with Gasteiger partial charge in [0.25, 0.3) is 0 Å². The molecule has 2 N–H and O–H groups in total. The van der Waals surface area contributed by atoms with E-state index < -0.39 is 11.9 Å². The summed E-state index contributed by atoms with van der Waals surface area (Å²) in [5.41, 5.74) is 0. The van der Waals surface area contributed by atoms with E-state index in [1.165, 1.54) is 0 Å². The lowest BCUT2D eigenvalue weighted by atomic mass is 10.2. The summed E-state index contributed by atoms with van der Waals surface area (Å²) in [4.78, 5) is 24.1. The minimum atomic E-state index is -0.478. The molecular weight excluding hydrogens is 218 g/mol. The van der Waals surface area contributed by atoms with E-state index in [0.717, 1.165) is 19.4 Å². The zero-order chi connectivity index (χ0) is 11.3. The highest BCUT2D eigenvalue weighted by Gasteiger charge is 2.21. The molecule has 0 aromatic rings. The van der Waals surface area contributed by atoms with Gasteiger partial charge in [0.15, 0.2) is 0 Å². The molecule has 0 saturated carbocycles. The summed E-state index contributed by atoms with van der Waals surface area (Å²) < 4.78 is 0. The Morgan fingerprint density at radius 3 is 2.80 bits per heavy atom. The molecule has 0 aromatic heterocycles. The number of nitrogens with zero attached hydrogens (tertiary/aromatic N) is 1. The Kier molecular flexibility index (Phi) is 4.84. The molecule has 0 spiro atoms. The predicted molar refractivity (Wildman–Crippen MR) is 57.9 cm³/mol. The minimum absolute atomic E-state index is 0.198.